The molecule has 12 aromatic rings. The van der Waals surface area contributed by atoms with E-state index in [2.05, 4.69) is 167 Å². The fourth-order valence-electron chi connectivity index (χ4n) is 11.4. The summed E-state index contributed by atoms with van der Waals surface area (Å²) in [5, 5.41) is 12.0. The Balaban J connectivity index is 0.000000445. The van der Waals surface area contributed by atoms with E-state index in [9.17, 15) is 5.26 Å². The number of aromatic nitrogens is 4. The molecule has 0 saturated heterocycles. The van der Waals surface area contributed by atoms with Gasteiger partial charge >= 0.3 is 0 Å². The zero-order valence-corrected chi connectivity index (χ0v) is 51.9. The second-order valence-electron chi connectivity index (χ2n) is 24.3. The maximum Gasteiger partial charge on any atom is 0.136 e. The smallest absolute Gasteiger partial charge is 0.136 e. The van der Waals surface area contributed by atoms with Crippen LogP contribution in [0, 0.1) is 37.2 Å². The SMILES string of the molecule is CC(C)(C)c1ccnc(-c2[c-]cccc2)n1.[2H]C([2H])([2H])c1c[c-]c(-c2nc3cccc(C([2H])([2H])[2H])c3n2-c2c(C(C)C)cc(-c3ccc(-c4c(C(C)C)cc(C(C)C)cc4C(C)C)cc3)cc2C(C)C)c2oc3cc4c(cc3c12)oc1cc(C#N)ccc14.[Ir]. The molecule has 0 saturated carbocycles. The maximum atomic E-state index is 9.58. The van der Waals surface area contributed by atoms with Gasteiger partial charge in [0.25, 0.3) is 0 Å². The molecule has 4 heterocycles. The Morgan fingerprint density at radius 3 is 1.87 bits per heavy atom. The molecule has 7 nitrogen and oxygen atoms in total. The number of furan rings is 2. The first-order valence-electron chi connectivity index (χ1n) is 31.6. The summed E-state index contributed by atoms with van der Waals surface area (Å²) in [6.07, 6.45) is 1.81. The van der Waals surface area contributed by atoms with E-state index in [1.54, 1.807) is 30.3 Å². The number of imidazole rings is 1. The summed E-state index contributed by atoms with van der Waals surface area (Å²) < 4.78 is 67.7. The molecule has 0 fully saturated rings. The Morgan fingerprint density at radius 1 is 0.602 bits per heavy atom. The summed E-state index contributed by atoms with van der Waals surface area (Å²) >= 11 is 0. The predicted molar refractivity (Wildman–Crippen MR) is 340 cm³/mol. The van der Waals surface area contributed by atoms with E-state index < -0.39 is 13.7 Å². The van der Waals surface area contributed by atoms with Crippen LogP contribution < -0.4 is 0 Å². The molecule has 0 amide bonds. The van der Waals surface area contributed by atoms with Crippen molar-refractivity contribution in [1.82, 2.24) is 19.5 Å². The van der Waals surface area contributed by atoms with Crippen molar-refractivity contribution in [3.63, 3.8) is 0 Å². The van der Waals surface area contributed by atoms with E-state index in [0.717, 1.165) is 55.8 Å². The Bertz CT molecular complexity index is 4630. The number of nitrogens with zero attached hydrogens (tertiary/aromatic N) is 5. The number of fused-ring (bicyclic) bond motifs is 7. The average molecular weight is 1270 g/mol. The van der Waals surface area contributed by atoms with Crippen LogP contribution in [-0.4, -0.2) is 19.5 Å². The molecule has 0 N–H and O–H groups in total. The Morgan fingerprint density at radius 2 is 1.25 bits per heavy atom. The second kappa shape index (κ2) is 23.0. The number of rotatable bonds is 10. The normalized spacial score (nSPS) is 13.4. The van der Waals surface area contributed by atoms with Crippen LogP contribution in [0.15, 0.2) is 148 Å². The molecular weight excluding hydrogens is 1200 g/mol. The monoisotopic (exact) mass is 1270 g/mol. The first kappa shape index (κ1) is 50.7. The molecule has 0 spiro atoms. The van der Waals surface area contributed by atoms with Crippen LogP contribution in [0.2, 0.25) is 0 Å². The number of benzene rings is 8. The summed E-state index contributed by atoms with van der Waals surface area (Å²) in [5.41, 5.74) is 17.1. The number of nitriles is 1. The van der Waals surface area contributed by atoms with Crippen LogP contribution in [0.1, 0.15) is 178 Å². The van der Waals surface area contributed by atoms with Gasteiger partial charge in [-0.2, -0.15) is 5.26 Å². The summed E-state index contributed by atoms with van der Waals surface area (Å²) in [5.74, 6) is 2.15. The van der Waals surface area contributed by atoms with Crippen LogP contribution in [0.3, 0.4) is 0 Å². The minimum absolute atomic E-state index is 0. The molecular formula is C75H73IrN5O2-2. The Hall–Kier alpha value is -7.95. The van der Waals surface area contributed by atoms with Gasteiger partial charge in [-0.15, -0.1) is 53.6 Å². The van der Waals surface area contributed by atoms with Gasteiger partial charge in [0.05, 0.1) is 39.9 Å². The Kier molecular flexibility index (Phi) is 14.1. The van der Waals surface area contributed by atoms with Crippen molar-refractivity contribution in [3.8, 4) is 56.8 Å². The third-order valence-corrected chi connectivity index (χ3v) is 15.8. The molecule has 1 radical (unpaired) electrons. The second-order valence-corrected chi connectivity index (χ2v) is 24.3. The van der Waals surface area contributed by atoms with Gasteiger partial charge in [0.15, 0.2) is 0 Å². The molecule has 8 aromatic carbocycles. The minimum Gasteiger partial charge on any atom is -0.501 e. The molecule has 4 aromatic heterocycles. The molecule has 83 heavy (non-hydrogen) atoms. The van der Waals surface area contributed by atoms with Crippen molar-refractivity contribution < 1.29 is 37.2 Å². The van der Waals surface area contributed by atoms with Crippen molar-refractivity contribution >= 4 is 54.9 Å². The largest absolute Gasteiger partial charge is 0.501 e. The van der Waals surface area contributed by atoms with Gasteiger partial charge in [0.2, 0.25) is 0 Å². The average Bonchev–Trinajstić information content (AvgIpc) is 1.62. The van der Waals surface area contributed by atoms with Crippen molar-refractivity contribution in [2.24, 2.45) is 0 Å². The van der Waals surface area contributed by atoms with Gasteiger partial charge < -0.3 is 13.4 Å². The number of hydrogen-bond acceptors (Lipinski definition) is 6. The zero-order valence-electron chi connectivity index (χ0n) is 55.6. The number of aryl methyl sites for hydroxylation is 2. The molecule has 0 bridgehead atoms. The van der Waals surface area contributed by atoms with Crippen molar-refractivity contribution in [2.75, 3.05) is 0 Å². The first-order chi connectivity index (χ1) is 41.6. The van der Waals surface area contributed by atoms with Gasteiger partial charge in [-0.25, -0.2) is 0 Å². The fraction of sp³-hybridized carbons (Fsp3) is 0.280. The van der Waals surface area contributed by atoms with E-state index in [1.165, 1.54) is 33.9 Å². The summed E-state index contributed by atoms with van der Waals surface area (Å²) in [7, 11) is 0. The van der Waals surface area contributed by atoms with Crippen LogP contribution >= 0.6 is 0 Å². The fourth-order valence-corrected chi connectivity index (χ4v) is 11.4. The summed E-state index contributed by atoms with van der Waals surface area (Å²) in [6.45, 7) is 23.6. The zero-order chi connectivity index (χ0) is 63.1. The van der Waals surface area contributed by atoms with E-state index in [-0.39, 0.29) is 54.1 Å². The molecule has 12 rings (SSSR count). The van der Waals surface area contributed by atoms with Crippen LogP contribution in [0.25, 0.3) is 106 Å². The van der Waals surface area contributed by atoms with Crippen LogP contribution in [0.4, 0.5) is 0 Å². The molecule has 0 aliphatic rings. The Labute approximate surface area is 511 Å². The van der Waals surface area contributed by atoms with Crippen molar-refractivity contribution in [3.05, 3.63) is 202 Å². The van der Waals surface area contributed by atoms with E-state index in [4.69, 9.17) is 22.0 Å². The molecule has 0 aliphatic heterocycles. The standard InChI is InChI=1S/C61H58N3O2.C14H15N2.Ir/c1-32(2)42-25-46(33(3)4)57(47(26-42)34(5)6)41-20-18-40(19-21-41)43-27-48(35(7)8)59(49(28-43)36(9)10)64-58-38(12)14-13-15-52(58)63-61(64)45-22-16-37(11)56-51-30-54-50(29-55(51)66-60(45)56)44-23-17-39(31-62)24-53(44)65-54;1-14(2,3)12-9-10-15-13(16-12)11-7-5-4-6-8-11;/h13-21,23-30,32-36H,1-12H3;4-7,9-10H,1-3H3;/q2*-1;/i11D3,12D3;;. The van der Waals surface area contributed by atoms with Gasteiger partial charge in [-0.1, -0.05) is 156 Å². The third-order valence-electron chi connectivity index (χ3n) is 15.8. The number of hydrogen-bond donors (Lipinski definition) is 0. The van der Waals surface area contributed by atoms with Crippen LogP contribution in [-0.2, 0) is 25.5 Å². The predicted octanol–water partition coefficient (Wildman–Crippen LogP) is 21.0. The third kappa shape index (κ3) is 10.9. The van der Waals surface area contributed by atoms with E-state index >= 15 is 0 Å². The molecule has 421 valence electrons. The van der Waals surface area contributed by atoms with E-state index in [0.29, 0.717) is 73.3 Å². The quantitative estimate of drug-likeness (QED) is 0.127. The van der Waals surface area contributed by atoms with Gasteiger partial charge in [0.1, 0.15) is 16.7 Å². The molecule has 8 heteroatoms. The summed E-state index contributed by atoms with van der Waals surface area (Å²) in [4.78, 5) is 14.1. The molecule has 0 aliphatic carbocycles. The minimum atomic E-state index is -2.56. The summed E-state index contributed by atoms with van der Waals surface area (Å²) in [6, 6.07) is 52.1. The van der Waals surface area contributed by atoms with Crippen molar-refractivity contribution in [1.29, 1.82) is 5.26 Å². The van der Waals surface area contributed by atoms with Crippen molar-refractivity contribution in [2.45, 2.75) is 139 Å². The molecule has 0 unspecified atom stereocenters. The van der Waals surface area contributed by atoms with Gasteiger partial charge in [-0.3, -0.25) is 15.0 Å². The maximum absolute atomic E-state index is 9.58. The topological polar surface area (TPSA) is 93.7 Å². The van der Waals surface area contributed by atoms with Gasteiger partial charge in [0, 0.05) is 67.5 Å². The van der Waals surface area contributed by atoms with Gasteiger partial charge in [-0.05, 0) is 147 Å². The molecule has 0 atom stereocenters. The van der Waals surface area contributed by atoms with E-state index in [1.807, 2.05) is 59.3 Å². The first-order valence-corrected chi connectivity index (χ1v) is 28.6. The number of para-hydroxylation sites is 1. The van der Waals surface area contributed by atoms with Crippen LogP contribution in [0.5, 0.6) is 0 Å².